The van der Waals surface area contributed by atoms with Crippen molar-refractivity contribution >= 4 is 5.82 Å². The van der Waals surface area contributed by atoms with Gasteiger partial charge in [-0.15, -0.1) is 0 Å². The lowest BCUT2D eigenvalue weighted by molar-refractivity contribution is -0.137. The number of halogens is 3. The van der Waals surface area contributed by atoms with Crippen molar-refractivity contribution < 1.29 is 17.9 Å². The van der Waals surface area contributed by atoms with Crippen molar-refractivity contribution in [2.75, 3.05) is 12.8 Å². The van der Waals surface area contributed by atoms with Crippen molar-refractivity contribution in [3.8, 4) is 39.7 Å². The van der Waals surface area contributed by atoms with Gasteiger partial charge < -0.3 is 15.5 Å². The number of nitrogens with one attached hydrogen (secondary N) is 1. The largest absolute Gasteiger partial charge is 0.493 e. The first-order chi connectivity index (χ1) is 14.4. The van der Waals surface area contributed by atoms with Gasteiger partial charge in [0.1, 0.15) is 5.82 Å². The molecule has 0 amide bonds. The Morgan fingerprint density at radius 1 is 1.03 bits per heavy atom. The van der Waals surface area contributed by atoms with E-state index in [1.807, 2.05) is 0 Å². The van der Waals surface area contributed by atoms with E-state index in [4.69, 9.17) is 10.5 Å². The van der Waals surface area contributed by atoms with Crippen molar-refractivity contribution in [1.82, 2.24) is 19.9 Å². The summed E-state index contributed by atoms with van der Waals surface area (Å²) in [5.41, 5.74) is 7.15. The summed E-state index contributed by atoms with van der Waals surface area (Å²) < 4.78 is 45.8. The molecule has 0 aliphatic rings. The van der Waals surface area contributed by atoms with E-state index in [1.54, 1.807) is 30.6 Å². The highest BCUT2D eigenvalue weighted by atomic mass is 19.4. The fourth-order valence-electron chi connectivity index (χ4n) is 3.12. The Hall–Kier alpha value is -3.88. The number of hydrogen-bond acceptors (Lipinski definition) is 5. The van der Waals surface area contributed by atoms with Gasteiger partial charge >= 0.3 is 6.18 Å². The van der Waals surface area contributed by atoms with Crippen LogP contribution in [0.3, 0.4) is 0 Å². The second-order valence-corrected chi connectivity index (χ2v) is 6.40. The normalized spacial score (nSPS) is 11.5. The van der Waals surface area contributed by atoms with E-state index in [0.717, 1.165) is 6.07 Å². The number of hydrogen-bond donors (Lipinski definition) is 2. The first-order valence-corrected chi connectivity index (χ1v) is 8.85. The molecule has 0 radical (unpaired) electrons. The lowest BCUT2D eigenvalue weighted by atomic mass is 10.1. The Morgan fingerprint density at radius 2 is 1.77 bits per heavy atom. The van der Waals surface area contributed by atoms with Crippen LogP contribution in [0.5, 0.6) is 5.75 Å². The average Bonchev–Trinajstić information content (AvgIpc) is 3.19. The minimum Gasteiger partial charge on any atom is -0.493 e. The Labute approximate surface area is 169 Å². The number of benzene rings is 1. The molecule has 0 unspecified atom stereocenters. The zero-order valence-electron chi connectivity index (χ0n) is 15.7. The molecule has 0 bridgehead atoms. The second-order valence-electron chi connectivity index (χ2n) is 6.40. The number of methoxy groups -OCH3 is 1. The number of alkyl halides is 3. The van der Waals surface area contributed by atoms with E-state index in [-0.39, 0.29) is 17.2 Å². The fourth-order valence-corrected chi connectivity index (χ4v) is 3.12. The summed E-state index contributed by atoms with van der Waals surface area (Å²) in [6.07, 6.45) is 0.153. The Kier molecular flexibility index (Phi) is 4.86. The van der Waals surface area contributed by atoms with Gasteiger partial charge in [0.15, 0.2) is 11.6 Å². The molecule has 4 rings (SSSR count). The molecular formula is C21H16F3N5O. The number of aromatic amines is 1. The highest BCUT2D eigenvalue weighted by Gasteiger charge is 2.34. The molecule has 3 aromatic heterocycles. The van der Waals surface area contributed by atoms with Crippen LogP contribution in [0.15, 0.2) is 61.1 Å². The summed E-state index contributed by atoms with van der Waals surface area (Å²) in [5.74, 6) is 0.624. The third-order valence-electron chi connectivity index (χ3n) is 4.54. The van der Waals surface area contributed by atoms with Crippen LogP contribution in [0.2, 0.25) is 0 Å². The summed E-state index contributed by atoms with van der Waals surface area (Å²) in [6.45, 7) is 0. The smallest absolute Gasteiger partial charge is 0.417 e. The Balaban J connectivity index is 1.95. The minimum atomic E-state index is -4.52. The van der Waals surface area contributed by atoms with E-state index >= 15 is 0 Å². The van der Waals surface area contributed by atoms with Crippen LogP contribution in [0, 0.1) is 0 Å². The molecule has 9 heteroatoms. The van der Waals surface area contributed by atoms with Crippen LogP contribution in [0.4, 0.5) is 19.0 Å². The maximum Gasteiger partial charge on any atom is 0.417 e. The van der Waals surface area contributed by atoms with Crippen LogP contribution in [-0.4, -0.2) is 27.0 Å². The summed E-state index contributed by atoms with van der Waals surface area (Å²) in [4.78, 5) is 15.6. The highest BCUT2D eigenvalue weighted by Crippen LogP contribution is 2.39. The summed E-state index contributed by atoms with van der Waals surface area (Å²) in [6, 6.07) is 10.4. The van der Waals surface area contributed by atoms with Gasteiger partial charge in [-0.2, -0.15) is 13.2 Å². The van der Waals surface area contributed by atoms with Gasteiger partial charge in [-0.05, 0) is 24.3 Å². The molecule has 0 saturated carbocycles. The van der Waals surface area contributed by atoms with Gasteiger partial charge in [-0.25, -0.2) is 9.97 Å². The number of aromatic nitrogens is 4. The van der Waals surface area contributed by atoms with Crippen LogP contribution in [0.25, 0.3) is 33.9 Å². The Morgan fingerprint density at radius 3 is 2.47 bits per heavy atom. The van der Waals surface area contributed by atoms with Crippen LogP contribution >= 0.6 is 0 Å². The molecule has 1 aromatic carbocycles. The number of nitrogens with zero attached hydrogens (tertiary/aromatic N) is 3. The topological polar surface area (TPSA) is 89.7 Å². The zero-order valence-corrected chi connectivity index (χ0v) is 15.7. The lowest BCUT2D eigenvalue weighted by Gasteiger charge is -2.10. The molecule has 0 aliphatic carbocycles. The third kappa shape index (κ3) is 3.57. The molecule has 0 atom stereocenters. The van der Waals surface area contributed by atoms with E-state index in [0.29, 0.717) is 28.3 Å². The molecular weight excluding hydrogens is 395 g/mol. The average molecular weight is 411 g/mol. The number of pyridine rings is 2. The van der Waals surface area contributed by atoms with Crippen LogP contribution in [-0.2, 0) is 6.18 Å². The quantitative estimate of drug-likeness (QED) is 0.503. The SMILES string of the molecule is COc1cc(-c2nc(-c3ccccc3C(F)(F)F)[nH]c2-c2ccncc2)cnc1N. The molecule has 30 heavy (non-hydrogen) atoms. The van der Waals surface area contributed by atoms with E-state index in [9.17, 15) is 13.2 Å². The number of imidazole rings is 1. The van der Waals surface area contributed by atoms with Gasteiger partial charge in [0.25, 0.3) is 0 Å². The number of nitrogens with two attached hydrogens (primary N) is 1. The van der Waals surface area contributed by atoms with Crippen molar-refractivity contribution in [3.05, 3.63) is 66.6 Å². The standard InChI is InChI=1S/C21H16F3N5O/c1-30-16-10-13(11-27-19(16)25)18-17(12-6-8-26-9-7-12)28-20(29-18)14-4-2-3-5-15(14)21(22,23)24/h2-11H,1H3,(H2,25,27)(H,28,29). The number of anilines is 1. The van der Waals surface area contributed by atoms with Gasteiger partial charge in [-0.3, -0.25) is 4.98 Å². The van der Waals surface area contributed by atoms with Gasteiger partial charge in [0.05, 0.1) is 24.1 Å². The van der Waals surface area contributed by atoms with Crippen molar-refractivity contribution in [2.24, 2.45) is 0 Å². The van der Waals surface area contributed by atoms with Crippen molar-refractivity contribution in [3.63, 3.8) is 0 Å². The van der Waals surface area contributed by atoms with E-state index in [1.165, 1.54) is 31.5 Å². The van der Waals surface area contributed by atoms with Crippen molar-refractivity contribution in [1.29, 1.82) is 0 Å². The molecule has 0 spiro atoms. The zero-order chi connectivity index (χ0) is 21.3. The summed E-state index contributed by atoms with van der Waals surface area (Å²) in [5, 5.41) is 0. The van der Waals surface area contributed by atoms with E-state index < -0.39 is 11.7 Å². The van der Waals surface area contributed by atoms with Gasteiger partial charge in [0, 0.05) is 35.3 Å². The number of nitrogen functional groups attached to an aromatic ring is 1. The van der Waals surface area contributed by atoms with E-state index in [2.05, 4.69) is 19.9 Å². The molecule has 3 heterocycles. The molecule has 6 nitrogen and oxygen atoms in total. The number of H-pyrrole nitrogens is 1. The number of ether oxygens (including phenoxy) is 1. The number of rotatable bonds is 4. The molecule has 0 saturated heterocycles. The first-order valence-electron chi connectivity index (χ1n) is 8.85. The highest BCUT2D eigenvalue weighted by molar-refractivity contribution is 5.82. The maximum absolute atomic E-state index is 13.5. The van der Waals surface area contributed by atoms with Gasteiger partial charge in [0.2, 0.25) is 0 Å². The summed E-state index contributed by atoms with van der Waals surface area (Å²) in [7, 11) is 1.45. The molecule has 0 fully saturated rings. The monoisotopic (exact) mass is 411 g/mol. The predicted molar refractivity (Wildman–Crippen MR) is 106 cm³/mol. The van der Waals surface area contributed by atoms with Crippen LogP contribution in [0.1, 0.15) is 5.56 Å². The third-order valence-corrected chi connectivity index (χ3v) is 4.54. The molecule has 3 N–H and O–H groups in total. The van der Waals surface area contributed by atoms with Crippen LogP contribution < -0.4 is 10.5 Å². The first kappa shape index (κ1) is 19.4. The lowest BCUT2D eigenvalue weighted by Crippen LogP contribution is -2.07. The minimum absolute atomic E-state index is 0.0538. The molecule has 4 aromatic rings. The van der Waals surface area contributed by atoms with Gasteiger partial charge in [-0.1, -0.05) is 18.2 Å². The fraction of sp³-hybridized carbons (Fsp3) is 0.0952. The second kappa shape index (κ2) is 7.51. The van der Waals surface area contributed by atoms with Crippen molar-refractivity contribution in [2.45, 2.75) is 6.18 Å². The molecule has 152 valence electrons. The maximum atomic E-state index is 13.5. The molecule has 0 aliphatic heterocycles. The Bertz CT molecular complexity index is 1190. The summed E-state index contributed by atoms with van der Waals surface area (Å²) >= 11 is 0. The predicted octanol–water partition coefficient (Wildman–Crippen LogP) is 4.81.